The highest BCUT2D eigenvalue weighted by Crippen LogP contribution is 2.36. The van der Waals surface area contributed by atoms with E-state index in [1.54, 1.807) is 12.1 Å². The Kier molecular flexibility index (Phi) is 5.39. The summed E-state index contributed by atoms with van der Waals surface area (Å²) in [6, 6.07) is 9.17. The number of para-hydroxylation sites is 1. The molecule has 1 aliphatic heterocycles. The number of nitrogens with one attached hydrogen (secondary N) is 2. The van der Waals surface area contributed by atoms with Crippen LogP contribution >= 0.6 is 0 Å². The number of anilines is 4. The molecule has 9 nitrogen and oxygen atoms in total. The number of carboxylic acid groups (broad SMARTS) is 1. The number of nitrogen functional groups attached to an aromatic ring is 1. The fraction of sp³-hybridized carbons (Fsp3) is 0.150. The topological polar surface area (TPSA) is 126 Å². The normalized spacial score (nSPS) is 14.8. The van der Waals surface area contributed by atoms with Gasteiger partial charge in [0, 0.05) is 12.0 Å². The molecule has 5 N–H and O–H groups in total. The second-order valence-electron chi connectivity index (χ2n) is 6.70. The van der Waals surface area contributed by atoms with Crippen molar-refractivity contribution in [3.8, 4) is 5.75 Å². The predicted octanol–water partition coefficient (Wildman–Crippen LogP) is 3.78. The van der Waals surface area contributed by atoms with Crippen LogP contribution in [0.4, 0.5) is 36.7 Å². The van der Waals surface area contributed by atoms with Gasteiger partial charge in [0.1, 0.15) is 5.82 Å². The fourth-order valence-corrected chi connectivity index (χ4v) is 3.18. The number of hydrogen-bond donors (Lipinski definition) is 4. The number of fused-ring (bicyclic) bond motifs is 1. The van der Waals surface area contributed by atoms with Crippen molar-refractivity contribution in [1.82, 2.24) is 9.97 Å². The van der Waals surface area contributed by atoms with E-state index in [4.69, 9.17) is 10.5 Å². The lowest BCUT2D eigenvalue weighted by molar-refractivity contribution is 0.203. The first-order valence-electron chi connectivity index (χ1n) is 9.28. The molecule has 0 saturated carbocycles. The molecule has 3 aromatic rings. The molecule has 11 heteroatoms. The number of benzene rings is 2. The molecular formula is C20H18F2N6O3. The number of ether oxygens (including phenoxy) is 1. The standard InChI is InChI=1S/C20H18F2N6O3/c21-11-4-6-12(7-5-11)28(20(29)30)27-19-24-10-15(23)18(26-19)25-16-8-9-31-17-13(16)2-1-3-14(17)22/h1-7,10,16H,8-9,23H2,(H,29,30)(H2,24,25,26,27). The second-order valence-corrected chi connectivity index (χ2v) is 6.70. The summed E-state index contributed by atoms with van der Waals surface area (Å²) in [6.45, 7) is 0.305. The Hall–Kier alpha value is -4.15. The van der Waals surface area contributed by atoms with Gasteiger partial charge >= 0.3 is 6.09 Å². The molecule has 1 unspecified atom stereocenters. The molecule has 1 aliphatic rings. The lowest BCUT2D eigenvalue weighted by Crippen LogP contribution is -2.36. The van der Waals surface area contributed by atoms with Gasteiger partial charge in [-0.1, -0.05) is 12.1 Å². The lowest BCUT2D eigenvalue weighted by Gasteiger charge is -2.28. The molecule has 1 aromatic heterocycles. The summed E-state index contributed by atoms with van der Waals surface area (Å²) in [7, 11) is 0. The van der Waals surface area contributed by atoms with Crippen LogP contribution in [-0.2, 0) is 0 Å². The van der Waals surface area contributed by atoms with E-state index in [1.165, 1.54) is 24.4 Å². The lowest BCUT2D eigenvalue weighted by atomic mass is 10.0. The van der Waals surface area contributed by atoms with E-state index in [1.807, 2.05) is 0 Å². The van der Waals surface area contributed by atoms with Crippen molar-refractivity contribution in [2.45, 2.75) is 12.5 Å². The van der Waals surface area contributed by atoms with Crippen LogP contribution in [-0.4, -0.2) is 27.8 Å². The first-order chi connectivity index (χ1) is 14.9. The first kappa shape index (κ1) is 20.1. The van der Waals surface area contributed by atoms with Crippen molar-refractivity contribution < 1.29 is 23.4 Å². The molecule has 2 aromatic carbocycles. The van der Waals surface area contributed by atoms with Crippen LogP contribution in [0.3, 0.4) is 0 Å². The zero-order valence-electron chi connectivity index (χ0n) is 16.0. The van der Waals surface area contributed by atoms with Gasteiger partial charge in [-0.3, -0.25) is 5.43 Å². The molecule has 0 radical (unpaired) electrons. The SMILES string of the molecule is Nc1cnc(NN(C(=O)O)c2ccc(F)cc2)nc1NC1CCOc2c(F)cccc21. The molecule has 0 spiro atoms. The minimum absolute atomic E-state index is 0.0602. The number of rotatable bonds is 5. The van der Waals surface area contributed by atoms with Gasteiger partial charge in [0.05, 0.1) is 30.2 Å². The first-order valence-corrected chi connectivity index (χ1v) is 9.28. The summed E-state index contributed by atoms with van der Waals surface area (Å²) in [4.78, 5) is 19.9. The Labute approximate surface area is 175 Å². The van der Waals surface area contributed by atoms with E-state index in [9.17, 15) is 18.7 Å². The van der Waals surface area contributed by atoms with Crippen molar-refractivity contribution in [2.24, 2.45) is 0 Å². The third-order valence-electron chi connectivity index (χ3n) is 4.64. The fourth-order valence-electron chi connectivity index (χ4n) is 3.18. The van der Waals surface area contributed by atoms with Gasteiger partial charge in [-0.05, 0) is 30.3 Å². The largest absolute Gasteiger partial charge is 0.490 e. The molecule has 0 saturated heterocycles. The third kappa shape index (κ3) is 4.25. The zero-order valence-corrected chi connectivity index (χ0v) is 16.0. The third-order valence-corrected chi connectivity index (χ3v) is 4.64. The van der Waals surface area contributed by atoms with Crippen molar-refractivity contribution in [3.63, 3.8) is 0 Å². The number of aromatic nitrogens is 2. The summed E-state index contributed by atoms with van der Waals surface area (Å²) in [5.74, 6) is -0.611. The Morgan fingerprint density at radius 2 is 2.00 bits per heavy atom. The summed E-state index contributed by atoms with van der Waals surface area (Å²) in [5.41, 5.74) is 9.55. The number of nitrogens with two attached hydrogens (primary N) is 1. The van der Waals surface area contributed by atoms with Gasteiger partial charge in [-0.2, -0.15) is 9.99 Å². The van der Waals surface area contributed by atoms with E-state index < -0.39 is 17.7 Å². The molecule has 160 valence electrons. The molecule has 31 heavy (non-hydrogen) atoms. The summed E-state index contributed by atoms with van der Waals surface area (Å²) >= 11 is 0. The van der Waals surface area contributed by atoms with Crippen LogP contribution in [0.5, 0.6) is 5.75 Å². The van der Waals surface area contributed by atoms with E-state index in [2.05, 4.69) is 20.7 Å². The van der Waals surface area contributed by atoms with Crippen LogP contribution in [0.25, 0.3) is 0 Å². The monoisotopic (exact) mass is 428 g/mol. The highest BCUT2D eigenvalue weighted by Gasteiger charge is 2.25. The van der Waals surface area contributed by atoms with Crippen molar-refractivity contribution in [3.05, 3.63) is 65.9 Å². The highest BCUT2D eigenvalue weighted by molar-refractivity contribution is 5.88. The van der Waals surface area contributed by atoms with Gasteiger partial charge in [0.15, 0.2) is 17.4 Å². The van der Waals surface area contributed by atoms with E-state index in [0.717, 1.165) is 17.1 Å². The minimum atomic E-state index is -1.35. The minimum Gasteiger partial charge on any atom is -0.490 e. The molecule has 2 heterocycles. The highest BCUT2D eigenvalue weighted by atomic mass is 19.1. The maximum Gasteiger partial charge on any atom is 0.431 e. The molecular weight excluding hydrogens is 410 g/mol. The quantitative estimate of drug-likeness (QED) is 0.453. The molecule has 1 amide bonds. The van der Waals surface area contributed by atoms with Gasteiger partial charge in [-0.25, -0.2) is 18.6 Å². The van der Waals surface area contributed by atoms with Crippen molar-refractivity contribution in [2.75, 3.05) is 28.1 Å². The van der Waals surface area contributed by atoms with Crippen LogP contribution < -0.4 is 26.2 Å². The Balaban J connectivity index is 1.59. The number of hydrogen-bond acceptors (Lipinski definition) is 7. The Bertz CT molecular complexity index is 1110. The smallest absolute Gasteiger partial charge is 0.431 e. The summed E-state index contributed by atoms with van der Waals surface area (Å²) in [6.07, 6.45) is 0.503. The van der Waals surface area contributed by atoms with E-state index in [0.29, 0.717) is 18.6 Å². The van der Waals surface area contributed by atoms with Crippen molar-refractivity contribution >= 4 is 29.2 Å². The number of halogens is 2. The van der Waals surface area contributed by atoms with Crippen LogP contribution in [0.2, 0.25) is 0 Å². The zero-order chi connectivity index (χ0) is 22.0. The average molecular weight is 428 g/mol. The Morgan fingerprint density at radius 1 is 1.23 bits per heavy atom. The predicted molar refractivity (Wildman–Crippen MR) is 110 cm³/mol. The van der Waals surface area contributed by atoms with Crippen LogP contribution in [0.15, 0.2) is 48.7 Å². The maximum atomic E-state index is 14.0. The molecule has 0 aliphatic carbocycles. The van der Waals surface area contributed by atoms with Crippen LogP contribution in [0, 0.1) is 11.6 Å². The van der Waals surface area contributed by atoms with Crippen LogP contribution in [0.1, 0.15) is 18.0 Å². The molecule has 0 bridgehead atoms. The van der Waals surface area contributed by atoms with Gasteiger partial charge in [0.2, 0.25) is 5.95 Å². The van der Waals surface area contributed by atoms with E-state index in [-0.39, 0.29) is 34.9 Å². The number of hydrazine groups is 1. The molecule has 0 fully saturated rings. The average Bonchev–Trinajstić information content (AvgIpc) is 2.75. The van der Waals surface area contributed by atoms with Gasteiger partial charge in [-0.15, -0.1) is 0 Å². The number of carbonyl (C=O) groups is 1. The van der Waals surface area contributed by atoms with Gasteiger partial charge in [0.25, 0.3) is 0 Å². The number of nitrogens with zero attached hydrogens (tertiary/aromatic N) is 3. The second kappa shape index (κ2) is 8.30. The molecule has 4 rings (SSSR count). The summed E-state index contributed by atoms with van der Waals surface area (Å²) < 4.78 is 32.6. The Morgan fingerprint density at radius 3 is 2.74 bits per heavy atom. The van der Waals surface area contributed by atoms with Gasteiger partial charge < -0.3 is 20.9 Å². The molecule has 1 atom stereocenters. The number of amides is 1. The summed E-state index contributed by atoms with van der Waals surface area (Å²) in [5, 5.41) is 13.4. The van der Waals surface area contributed by atoms with Crippen molar-refractivity contribution in [1.29, 1.82) is 0 Å². The van der Waals surface area contributed by atoms with E-state index >= 15 is 0 Å². The maximum absolute atomic E-state index is 14.0.